The predicted octanol–water partition coefficient (Wildman–Crippen LogP) is 5.06. The SMILES string of the molecule is O=C(CNc1nc(C(F)(F)F)nc2ccc(C(F)(F)F)cc12)NC1CN(C2CCC(c3cncs3)CC2)C1. The Morgan fingerprint density at radius 1 is 1.03 bits per heavy atom. The highest BCUT2D eigenvalue weighted by Crippen LogP contribution is 2.38. The zero-order chi connectivity index (χ0) is 27.1. The Bertz CT molecular complexity index is 1280. The number of likely N-dealkylation sites (tertiary alicyclic amines) is 1. The van der Waals surface area contributed by atoms with E-state index >= 15 is 0 Å². The highest BCUT2D eigenvalue weighted by atomic mass is 32.1. The third-order valence-corrected chi connectivity index (χ3v) is 7.97. The van der Waals surface area contributed by atoms with Crippen LogP contribution < -0.4 is 10.6 Å². The topological polar surface area (TPSA) is 83.0 Å². The molecule has 0 radical (unpaired) electrons. The molecule has 2 fully saturated rings. The Morgan fingerprint density at radius 3 is 2.39 bits per heavy atom. The van der Waals surface area contributed by atoms with Crippen LogP contribution in [0.5, 0.6) is 0 Å². The number of nitrogens with one attached hydrogen (secondary N) is 2. The molecule has 0 atom stereocenters. The van der Waals surface area contributed by atoms with Crippen LogP contribution in [0.15, 0.2) is 29.9 Å². The van der Waals surface area contributed by atoms with E-state index in [4.69, 9.17) is 0 Å². The summed E-state index contributed by atoms with van der Waals surface area (Å²) < 4.78 is 79.2. The molecule has 1 aliphatic heterocycles. The third-order valence-electron chi connectivity index (χ3n) is 7.03. The van der Waals surface area contributed by atoms with Gasteiger partial charge in [0.2, 0.25) is 11.7 Å². The first-order valence-electron chi connectivity index (χ1n) is 12.1. The van der Waals surface area contributed by atoms with Gasteiger partial charge in [-0.3, -0.25) is 14.7 Å². The number of alkyl halides is 6. The van der Waals surface area contributed by atoms with Crippen molar-refractivity contribution >= 4 is 34.0 Å². The van der Waals surface area contributed by atoms with Gasteiger partial charge in [0.25, 0.3) is 0 Å². The molecule has 204 valence electrons. The standard InChI is InChI=1S/C24H24F6N6OS/c25-23(26,27)14-3-6-18-17(7-14)21(35-22(34-18)24(28,29)30)32-9-20(37)33-15-10-36(11-15)16-4-1-13(2-5-16)19-8-31-12-38-19/h3,6-8,12-13,15-16H,1-2,4-5,9-11H2,(H,33,37)(H,32,34,35). The maximum Gasteiger partial charge on any atom is 0.451 e. The molecular formula is C24H24F6N6OS. The number of nitrogens with zero attached hydrogens (tertiary/aromatic N) is 4. The Morgan fingerprint density at radius 2 is 1.76 bits per heavy atom. The van der Waals surface area contributed by atoms with E-state index < -0.39 is 42.0 Å². The summed E-state index contributed by atoms with van der Waals surface area (Å²) in [5, 5.41) is 5.04. The zero-order valence-corrected chi connectivity index (χ0v) is 20.8. The van der Waals surface area contributed by atoms with Gasteiger partial charge in [-0.15, -0.1) is 11.3 Å². The second-order valence-electron chi connectivity index (χ2n) is 9.60. The van der Waals surface area contributed by atoms with Crippen molar-refractivity contribution in [3.63, 3.8) is 0 Å². The van der Waals surface area contributed by atoms with E-state index in [2.05, 4.69) is 30.5 Å². The first-order valence-corrected chi connectivity index (χ1v) is 13.0. The molecule has 14 heteroatoms. The van der Waals surface area contributed by atoms with E-state index in [-0.39, 0.29) is 16.9 Å². The summed E-state index contributed by atoms with van der Waals surface area (Å²) in [5.41, 5.74) is 0.473. The molecule has 0 spiro atoms. The lowest BCUT2D eigenvalue weighted by Crippen LogP contribution is -2.63. The van der Waals surface area contributed by atoms with Crippen LogP contribution in [0.2, 0.25) is 0 Å². The first kappa shape index (κ1) is 26.6. The first-order chi connectivity index (χ1) is 18.0. The molecule has 0 unspecified atom stereocenters. The minimum Gasteiger partial charge on any atom is -0.360 e. The number of carbonyl (C=O) groups excluding carboxylic acids is 1. The van der Waals surface area contributed by atoms with Crippen LogP contribution in [0.1, 0.15) is 47.9 Å². The number of aromatic nitrogens is 3. The zero-order valence-electron chi connectivity index (χ0n) is 19.9. The van der Waals surface area contributed by atoms with Crippen molar-refractivity contribution in [3.8, 4) is 0 Å². The number of benzene rings is 1. The van der Waals surface area contributed by atoms with E-state index in [9.17, 15) is 31.1 Å². The molecular weight excluding hydrogens is 534 g/mol. The summed E-state index contributed by atoms with van der Waals surface area (Å²) in [6.45, 7) is 0.895. The van der Waals surface area contributed by atoms with Gasteiger partial charge in [-0.05, 0) is 49.8 Å². The number of hydrogen-bond acceptors (Lipinski definition) is 7. The van der Waals surface area contributed by atoms with Crippen molar-refractivity contribution in [2.45, 2.75) is 56.0 Å². The number of amides is 1. The lowest BCUT2D eigenvalue weighted by Gasteiger charge is -2.46. The van der Waals surface area contributed by atoms with Gasteiger partial charge in [0.1, 0.15) is 5.82 Å². The molecule has 7 nitrogen and oxygen atoms in total. The maximum atomic E-state index is 13.3. The van der Waals surface area contributed by atoms with Crippen LogP contribution in [0.25, 0.3) is 10.9 Å². The van der Waals surface area contributed by atoms with Gasteiger partial charge in [0.05, 0.1) is 29.2 Å². The summed E-state index contributed by atoms with van der Waals surface area (Å²) in [7, 11) is 0. The minimum atomic E-state index is -4.91. The van der Waals surface area contributed by atoms with E-state index in [0.29, 0.717) is 37.2 Å². The molecule has 5 rings (SSSR count). The highest BCUT2D eigenvalue weighted by Gasteiger charge is 2.37. The predicted molar refractivity (Wildman–Crippen MR) is 129 cm³/mol. The molecule has 2 aliphatic rings. The number of rotatable bonds is 6. The van der Waals surface area contributed by atoms with Crippen LogP contribution in [0.3, 0.4) is 0 Å². The number of carbonyl (C=O) groups is 1. The van der Waals surface area contributed by atoms with Gasteiger partial charge in [0, 0.05) is 35.6 Å². The molecule has 1 aliphatic carbocycles. The van der Waals surface area contributed by atoms with Gasteiger partial charge >= 0.3 is 12.4 Å². The van der Waals surface area contributed by atoms with Crippen LogP contribution in [0.4, 0.5) is 32.2 Å². The highest BCUT2D eigenvalue weighted by molar-refractivity contribution is 7.09. The Labute approximate surface area is 217 Å². The molecule has 3 heterocycles. The number of thiazole rings is 1. The fourth-order valence-electron chi connectivity index (χ4n) is 5.06. The third kappa shape index (κ3) is 5.85. The van der Waals surface area contributed by atoms with E-state index in [1.54, 1.807) is 11.3 Å². The van der Waals surface area contributed by atoms with Crippen LogP contribution >= 0.6 is 11.3 Å². The molecule has 1 saturated carbocycles. The van der Waals surface area contributed by atoms with Gasteiger partial charge in [-0.1, -0.05) is 0 Å². The van der Waals surface area contributed by atoms with Gasteiger partial charge in [-0.2, -0.15) is 26.3 Å². The number of anilines is 1. The minimum absolute atomic E-state index is 0.103. The van der Waals surface area contributed by atoms with E-state index in [1.807, 2.05) is 11.7 Å². The van der Waals surface area contributed by atoms with Crippen LogP contribution in [-0.4, -0.2) is 57.5 Å². The van der Waals surface area contributed by atoms with Gasteiger partial charge < -0.3 is 10.6 Å². The van der Waals surface area contributed by atoms with Crippen molar-refractivity contribution in [3.05, 3.63) is 46.2 Å². The van der Waals surface area contributed by atoms with E-state index in [0.717, 1.165) is 31.7 Å². The molecule has 2 aromatic heterocycles. The van der Waals surface area contributed by atoms with Crippen LogP contribution in [0, 0.1) is 0 Å². The average molecular weight is 559 g/mol. The molecule has 1 saturated heterocycles. The van der Waals surface area contributed by atoms with Crippen molar-refractivity contribution in [1.29, 1.82) is 0 Å². The molecule has 1 amide bonds. The van der Waals surface area contributed by atoms with Crippen molar-refractivity contribution in [1.82, 2.24) is 25.2 Å². The fraction of sp³-hybridized carbons (Fsp3) is 0.500. The number of hydrogen-bond donors (Lipinski definition) is 2. The smallest absolute Gasteiger partial charge is 0.360 e. The Hall–Kier alpha value is -3.00. The second-order valence-corrected chi connectivity index (χ2v) is 10.5. The largest absolute Gasteiger partial charge is 0.451 e. The maximum absolute atomic E-state index is 13.3. The fourth-order valence-corrected chi connectivity index (χ4v) is 5.86. The van der Waals surface area contributed by atoms with Crippen molar-refractivity contribution in [2.24, 2.45) is 0 Å². The Balaban J connectivity index is 1.17. The molecule has 38 heavy (non-hydrogen) atoms. The van der Waals surface area contributed by atoms with Crippen LogP contribution in [-0.2, 0) is 17.1 Å². The summed E-state index contributed by atoms with van der Waals surface area (Å²) in [6, 6.07) is 2.52. The Kier molecular flexibility index (Phi) is 7.20. The molecule has 2 N–H and O–H groups in total. The second kappa shape index (κ2) is 10.3. The monoisotopic (exact) mass is 558 g/mol. The van der Waals surface area contributed by atoms with Gasteiger partial charge in [0.15, 0.2) is 0 Å². The summed E-state index contributed by atoms with van der Waals surface area (Å²) in [6.07, 6.45) is -3.38. The lowest BCUT2D eigenvalue weighted by atomic mass is 9.83. The molecule has 3 aromatic rings. The molecule has 1 aromatic carbocycles. The van der Waals surface area contributed by atoms with Crippen molar-refractivity contribution < 1.29 is 31.1 Å². The number of halogens is 6. The van der Waals surface area contributed by atoms with E-state index in [1.165, 1.54) is 4.88 Å². The summed E-state index contributed by atoms with van der Waals surface area (Å²) in [5.74, 6) is -1.94. The summed E-state index contributed by atoms with van der Waals surface area (Å²) >= 11 is 1.68. The quantitative estimate of drug-likeness (QED) is 0.412. The summed E-state index contributed by atoms with van der Waals surface area (Å²) in [4.78, 5) is 27.0. The lowest BCUT2D eigenvalue weighted by molar-refractivity contribution is -0.144. The number of fused-ring (bicyclic) bond motifs is 1. The van der Waals surface area contributed by atoms with Gasteiger partial charge in [-0.25, -0.2) is 9.97 Å². The normalized spacial score (nSPS) is 21.3. The average Bonchev–Trinajstić information content (AvgIpc) is 3.38. The van der Waals surface area contributed by atoms with Crippen molar-refractivity contribution in [2.75, 3.05) is 25.0 Å². The molecule has 0 bridgehead atoms.